The van der Waals surface area contributed by atoms with E-state index in [4.69, 9.17) is 9.84 Å². The highest BCUT2D eigenvalue weighted by atomic mass is 16.5. The zero-order chi connectivity index (χ0) is 22.9. The van der Waals surface area contributed by atoms with Gasteiger partial charge in [-0.1, -0.05) is 49.9 Å². The molecule has 0 aliphatic heterocycles. The molecule has 2 aliphatic rings. The molecule has 32 heavy (non-hydrogen) atoms. The summed E-state index contributed by atoms with van der Waals surface area (Å²) >= 11 is 0. The van der Waals surface area contributed by atoms with Crippen LogP contribution in [0.4, 0.5) is 0 Å². The first kappa shape index (κ1) is 23.6. The van der Waals surface area contributed by atoms with E-state index in [9.17, 15) is 19.8 Å². The minimum atomic E-state index is -1.06. The maximum atomic E-state index is 11.8. The van der Waals surface area contributed by atoms with Crippen LogP contribution in [-0.4, -0.2) is 33.4 Å². The third-order valence-corrected chi connectivity index (χ3v) is 6.29. The summed E-state index contributed by atoms with van der Waals surface area (Å²) < 4.78 is 5.36. The molecule has 3 N–H and O–H groups in total. The van der Waals surface area contributed by atoms with Crippen molar-refractivity contribution in [3.63, 3.8) is 0 Å². The number of aromatic hydroxyl groups is 2. The molecule has 0 unspecified atom stereocenters. The van der Waals surface area contributed by atoms with Gasteiger partial charge in [-0.15, -0.1) is 0 Å². The van der Waals surface area contributed by atoms with Gasteiger partial charge >= 0.3 is 11.9 Å². The largest absolute Gasteiger partial charge is 0.507 e. The van der Waals surface area contributed by atoms with Gasteiger partial charge in [-0.25, -0.2) is 9.59 Å². The maximum Gasteiger partial charge on any atom is 0.342 e. The van der Waals surface area contributed by atoms with Gasteiger partial charge in [0.2, 0.25) is 0 Å². The lowest BCUT2D eigenvalue weighted by Crippen LogP contribution is -2.20. The van der Waals surface area contributed by atoms with E-state index in [2.05, 4.69) is 0 Å². The molecule has 0 radical (unpaired) electrons. The van der Waals surface area contributed by atoms with E-state index < -0.39 is 11.9 Å². The fraction of sp³-hybridized carbons (Fsp3) is 0.462. The molecule has 0 bridgehead atoms. The van der Waals surface area contributed by atoms with Gasteiger partial charge in [-0.2, -0.15) is 0 Å². The van der Waals surface area contributed by atoms with Crippen LogP contribution in [0.2, 0.25) is 0 Å². The number of phenols is 2. The van der Waals surface area contributed by atoms with Crippen LogP contribution in [0.25, 0.3) is 0 Å². The van der Waals surface area contributed by atoms with Crippen LogP contribution < -0.4 is 0 Å². The van der Waals surface area contributed by atoms with E-state index in [1.807, 2.05) is 6.07 Å². The Bertz CT molecular complexity index is 910. The summed E-state index contributed by atoms with van der Waals surface area (Å²) in [5, 5.41) is 28.4. The van der Waals surface area contributed by atoms with Crippen molar-refractivity contribution >= 4 is 11.9 Å². The standard InChI is InChI=1S/2C13H16O3/c14-12-9-5-4-8-11(12)13(15)16-10-6-2-1-3-7-10;14-12-10(9-5-2-1-3-6-9)7-4-8-11(12)13(15)16/h4-5,8-10,14H,1-3,6-7H2;4,7-9,14H,1-3,5-6H2,(H,15,16). The lowest BCUT2D eigenvalue weighted by Gasteiger charge is -2.23. The molecule has 172 valence electrons. The summed E-state index contributed by atoms with van der Waals surface area (Å²) in [6.45, 7) is 0. The number of benzene rings is 2. The summed E-state index contributed by atoms with van der Waals surface area (Å²) in [6.07, 6.45) is 11.1. The number of carboxylic acid groups (broad SMARTS) is 1. The number of rotatable bonds is 4. The van der Waals surface area contributed by atoms with Crippen molar-refractivity contribution in [1.82, 2.24) is 0 Å². The number of ether oxygens (including phenoxy) is 1. The van der Waals surface area contributed by atoms with Gasteiger partial charge in [-0.3, -0.25) is 0 Å². The van der Waals surface area contributed by atoms with Crippen LogP contribution in [0.15, 0.2) is 42.5 Å². The molecule has 2 saturated carbocycles. The Kier molecular flexibility index (Phi) is 8.54. The molecule has 0 amide bonds. The van der Waals surface area contributed by atoms with Crippen LogP contribution >= 0.6 is 0 Å². The topological polar surface area (TPSA) is 104 Å². The van der Waals surface area contributed by atoms with Crippen LogP contribution in [-0.2, 0) is 4.74 Å². The Morgan fingerprint density at radius 1 is 0.750 bits per heavy atom. The van der Waals surface area contributed by atoms with Gasteiger partial charge in [0.05, 0.1) is 0 Å². The second kappa shape index (κ2) is 11.6. The molecular weight excluding hydrogens is 408 g/mol. The number of para-hydroxylation sites is 2. The third-order valence-electron chi connectivity index (χ3n) is 6.29. The number of carbonyl (C=O) groups is 2. The average Bonchev–Trinajstić information content (AvgIpc) is 2.81. The van der Waals surface area contributed by atoms with E-state index in [0.717, 1.165) is 44.1 Å². The van der Waals surface area contributed by atoms with Crippen molar-refractivity contribution in [3.8, 4) is 11.5 Å². The number of esters is 1. The molecule has 6 heteroatoms. The van der Waals surface area contributed by atoms with Crippen molar-refractivity contribution < 1.29 is 29.6 Å². The first-order chi connectivity index (χ1) is 15.5. The van der Waals surface area contributed by atoms with E-state index in [1.165, 1.54) is 37.8 Å². The second-order valence-corrected chi connectivity index (χ2v) is 8.57. The quantitative estimate of drug-likeness (QED) is 0.502. The maximum absolute atomic E-state index is 11.8. The normalized spacial score (nSPS) is 17.1. The summed E-state index contributed by atoms with van der Waals surface area (Å²) in [5.74, 6) is -1.20. The second-order valence-electron chi connectivity index (χ2n) is 8.57. The Labute approximate surface area is 188 Å². The molecule has 0 heterocycles. The number of carboxylic acids is 1. The van der Waals surface area contributed by atoms with Crippen LogP contribution in [0, 0.1) is 0 Å². The van der Waals surface area contributed by atoms with Gasteiger partial charge in [-0.05, 0) is 68.2 Å². The number of hydrogen-bond donors (Lipinski definition) is 3. The van der Waals surface area contributed by atoms with Crippen molar-refractivity contribution in [1.29, 1.82) is 0 Å². The predicted molar refractivity (Wildman–Crippen MR) is 121 cm³/mol. The average molecular weight is 441 g/mol. The van der Waals surface area contributed by atoms with Gasteiger partial charge in [0, 0.05) is 0 Å². The smallest absolute Gasteiger partial charge is 0.342 e. The van der Waals surface area contributed by atoms with Crippen molar-refractivity contribution in [2.45, 2.75) is 76.2 Å². The van der Waals surface area contributed by atoms with E-state index >= 15 is 0 Å². The molecule has 2 aromatic rings. The Balaban J connectivity index is 0.000000181. The number of hydrogen-bond acceptors (Lipinski definition) is 5. The minimum Gasteiger partial charge on any atom is -0.507 e. The first-order valence-electron chi connectivity index (χ1n) is 11.5. The minimum absolute atomic E-state index is 0.0108. The van der Waals surface area contributed by atoms with E-state index in [-0.39, 0.29) is 28.7 Å². The van der Waals surface area contributed by atoms with Gasteiger partial charge < -0.3 is 20.1 Å². The molecule has 2 aliphatic carbocycles. The highest BCUT2D eigenvalue weighted by molar-refractivity contribution is 5.92. The van der Waals surface area contributed by atoms with Crippen LogP contribution in [0.1, 0.15) is 96.4 Å². The molecular formula is C26H32O6. The fourth-order valence-electron chi connectivity index (χ4n) is 4.52. The Morgan fingerprint density at radius 2 is 1.34 bits per heavy atom. The number of aromatic carboxylic acids is 1. The predicted octanol–water partition coefficient (Wildman–Crippen LogP) is 6.02. The molecule has 0 saturated heterocycles. The molecule has 2 fully saturated rings. The molecule has 4 rings (SSSR count). The first-order valence-corrected chi connectivity index (χ1v) is 11.5. The van der Waals surface area contributed by atoms with Crippen molar-refractivity contribution in [2.75, 3.05) is 0 Å². The number of carbonyl (C=O) groups excluding carboxylic acids is 1. The summed E-state index contributed by atoms with van der Waals surface area (Å²) in [5.41, 5.74) is 1.08. The highest BCUT2D eigenvalue weighted by Crippen LogP contribution is 2.38. The van der Waals surface area contributed by atoms with E-state index in [1.54, 1.807) is 24.3 Å². The molecule has 0 atom stereocenters. The molecule has 0 aromatic heterocycles. The van der Waals surface area contributed by atoms with Gasteiger partial charge in [0.1, 0.15) is 28.7 Å². The zero-order valence-corrected chi connectivity index (χ0v) is 18.3. The summed E-state index contributed by atoms with van der Waals surface area (Å²) in [7, 11) is 0. The van der Waals surface area contributed by atoms with Gasteiger partial charge in [0.25, 0.3) is 0 Å². The van der Waals surface area contributed by atoms with Crippen molar-refractivity contribution in [3.05, 3.63) is 59.2 Å². The van der Waals surface area contributed by atoms with Crippen LogP contribution in [0.5, 0.6) is 11.5 Å². The fourth-order valence-corrected chi connectivity index (χ4v) is 4.52. The molecule has 2 aromatic carbocycles. The molecule has 0 spiro atoms. The SMILES string of the molecule is O=C(O)c1cccc(C2CCCCC2)c1O.O=C(OC1CCCCC1)c1ccccc1O. The van der Waals surface area contributed by atoms with E-state index in [0.29, 0.717) is 5.92 Å². The Hall–Kier alpha value is -3.02. The Morgan fingerprint density at radius 3 is 1.97 bits per heavy atom. The molecule has 6 nitrogen and oxygen atoms in total. The monoisotopic (exact) mass is 440 g/mol. The van der Waals surface area contributed by atoms with Crippen molar-refractivity contribution in [2.24, 2.45) is 0 Å². The lowest BCUT2D eigenvalue weighted by molar-refractivity contribution is 0.0208. The summed E-state index contributed by atoms with van der Waals surface area (Å²) in [4.78, 5) is 22.6. The third kappa shape index (κ3) is 6.25. The zero-order valence-electron chi connectivity index (χ0n) is 18.3. The highest BCUT2D eigenvalue weighted by Gasteiger charge is 2.22. The van der Waals surface area contributed by atoms with Crippen LogP contribution in [0.3, 0.4) is 0 Å². The lowest BCUT2D eigenvalue weighted by atomic mass is 9.83. The van der Waals surface area contributed by atoms with Gasteiger partial charge in [0.15, 0.2) is 0 Å². The number of phenolic OH excluding ortho intramolecular Hbond substituents is 1. The summed E-state index contributed by atoms with van der Waals surface area (Å²) in [6, 6.07) is 11.5.